The van der Waals surface area contributed by atoms with Crippen LogP contribution in [0, 0.1) is 5.82 Å². The highest BCUT2D eigenvalue weighted by Crippen LogP contribution is 2.28. The normalized spacial score (nSPS) is 13.8. The van der Waals surface area contributed by atoms with Crippen LogP contribution < -0.4 is 9.47 Å². The largest absolute Gasteiger partial charge is 0.497 e. The lowest BCUT2D eigenvalue weighted by atomic mass is 10.0. The Hall–Kier alpha value is -2.36. The van der Waals surface area contributed by atoms with Gasteiger partial charge in [-0.2, -0.15) is 0 Å². The van der Waals surface area contributed by atoms with Gasteiger partial charge >= 0.3 is 0 Å². The highest BCUT2D eigenvalue weighted by atomic mass is 19.1. The summed E-state index contributed by atoms with van der Waals surface area (Å²) in [4.78, 5) is 12.4. The van der Waals surface area contributed by atoms with Crippen molar-refractivity contribution in [3.63, 3.8) is 0 Å². The Labute approximate surface area is 122 Å². The molecule has 3 nitrogen and oxygen atoms in total. The molecule has 2 aromatic carbocycles. The van der Waals surface area contributed by atoms with Crippen molar-refractivity contribution in [1.82, 2.24) is 0 Å². The van der Waals surface area contributed by atoms with Crippen LogP contribution in [0.1, 0.15) is 28.8 Å². The average Bonchev–Trinajstić information content (AvgIpc) is 3.30. The molecule has 1 aliphatic rings. The first-order valence-electron chi connectivity index (χ1n) is 6.82. The molecule has 1 aliphatic carbocycles. The number of carbonyl (C=O) groups is 1. The summed E-state index contributed by atoms with van der Waals surface area (Å²) in [5.74, 6) is 0.0800. The van der Waals surface area contributed by atoms with Gasteiger partial charge < -0.3 is 9.47 Å². The van der Waals surface area contributed by atoms with Gasteiger partial charge in [-0.1, -0.05) is 12.1 Å². The molecular weight excluding hydrogens is 271 g/mol. The second-order valence-corrected chi connectivity index (χ2v) is 5.02. The van der Waals surface area contributed by atoms with Gasteiger partial charge in [0.2, 0.25) is 0 Å². The van der Waals surface area contributed by atoms with Crippen LogP contribution in [0.3, 0.4) is 0 Å². The number of carbonyl (C=O) groups excluding carboxylic acids is 1. The van der Waals surface area contributed by atoms with Gasteiger partial charge in [0.15, 0.2) is 5.78 Å². The second-order valence-electron chi connectivity index (χ2n) is 5.02. The molecule has 21 heavy (non-hydrogen) atoms. The Morgan fingerprint density at radius 2 is 1.95 bits per heavy atom. The van der Waals surface area contributed by atoms with Gasteiger partial charge in [-0.05, 0) is 37.1 Å². The zero-order valence-electron chi connectivity index (χ0n) is 11.6. The van der Waals surface area contributed by atoms with Gasteiger partial charge in [0.1, 0.15) is 17.3 Å². The van der Waals surface area contributed by atoms with Crippen molar-refractivity contribution in [2.75, 3.05) is 7.11 Å². The first-order chi connectivity index (χ1) is 10.2. The highest BCUT2D eigenvalue weighted by molar-refractivity contribution is 6.09. The van der Waals surface area contributed by atoms with Crippen molar-refractivity contribution in [1.29, 1.82) is 0 Å². The van der Waals surface area contributed by atoms with Crippen LogP contribution in [-0.2, 0) is 0 Å². The number of ether oxygens (including phenoxy) is 2. The van der Waals surface area contributed by atoms with E-state index in [1.807, 2.05) is 0 Å². The van der Waals surface area contributed by atoms with Crippen molar-refractivity contribution in [3.05, 3.63) is 59.4 Å². The third-order valence-electron chi connectivity index (χ3n) is 3.34. The van der Waals surface area contributed by atoms with E-state index in [1.165, 1.54) is 19.2 Å². The van der Waals surface area contributed by atoms with Crippen molar-refractivity contribution >= 4 is 5.78 Å². The fourth-order valence-electron chi connectivity index (χ4n) is 2.05. The van der Waals surface area contributed by atoms with Gasteiger partial charge in [-0.25, -0.2) is 4.39 Å². The number of rotatable bonds is 5. The maximum Gasteiger partial charge on any atom is 0.196 e. The van der Waals surface area contributed by atoms with Crippen LogP contribution >= 0.6 is 0 Å². The zero-order valence-corrected chi connectivity index (χ0v) is 11.6. The molecular formula is C17H15FO3. The van der Waals surface area contributed by atoms with Crippen LogP contribution in [0.15, 0.2) is 42.5 Å². The van der Waals surface area contributed by atoms with E-state index in [2.05, 4.69) is 0 Å². The second kappa shape index (κ2) is 5.56. The summed E-state index contributed by atoms with van der Waals surface area (Å²) in [6.45, 7) is 0. The molecule has 1 saturated carbocycles. The van der Waals surface area contributed by atoms with Crippen molar-refractivity contribution in [3.8, 4) is 11.5 Å². The smallest absolute Gasteiger partial charge is 0.196 e. The summed E-state index contributed by atoms with van der Waals surface area (Å²) in [7, 11) is 1.45. The lowest BCUT2D eigenvalue weighted by Crippen LogP contribution is -2.05. The summed E-state index contributed by atoms with van der Waals surface area (Å²) in [6.07, 6.45) is 2.35. The monoisotopic (exact) mass is 286 g/mol. The van der Waals surface area contributed by atoms with Crippen molar-refractivity contribution < 1.29 is 18.7 Å². The predicted octanol–water partition coefficient (Wildman–Crippen LogP) is 3.61. The van der Waals surface area contributed by atoms with E-state index >= 15 is 0 Å². The van der Waals surface area contributed by atoms with E-state index < -0.39 is 5.82 Å². The van der Waals surface area contributed by atoms with Crippen LogP contribution in [0.4, 0.5) is 4.39 Å². The molecule has 108 valence electrons. The summed E-state index contributed by atoms with van der Waals surface area (Å²) < 4.78 is 24.5. The number of halogens is 1. The molecule has 0 bridgehead atoms. The SMILES string of the molecule is COc1ccc(C(=O)c2cccc(OC3CC3)c2)c(F)c1. The molecule has 0 saturated heterocycles. The molecule has 2 aromatic rings. The predicted molar refractivity (Wildman–Crippen MR) is 76.5 cm³/mol. The van der Waals surface area contributed by atoms with E-state index in [4.69, 9.17) is 9.47 Å². The Kier molecular flexibility index (Phi) is 3.60. The standard InChI is InChI=1S/C17H15FO3/c1-20-13-7-8-15(16(18)10-13)17(19)11-3-2-4-14(9-11)21-12-5-6-12/h2-4,7-10,12H,5-6H2,1H3. The van der Waals surface area contributed by atoms with E-state index in [9.17, 15) is 9.18 Å². The lowest BCUT2D eigenvalue weighted by Gasteiger charge is -2.08. The Balaban J connectivity index is 1.87. The molecule has 4 heteroatoms. The molecule has 3 rings (SSSR count). The maximum absolute atomic E-state index is 14.0. The third kappa shape index (κ3) is 3.05. The molecule has 1 fully saturated rings. The molecule has 0 radical (unpaired) electrons. The Morgan fingerprint density at radius 3 is 2.62 bits per heavy atom. The maximum atomic E-state index is 14.0. The minimum absolute atomic E-state index is 0.0272. The van der Waals surface area contributed by atoms with Crippen LogP contribution in [0.25, 0.3) is 0 Å². The molecule has 0 amide bonds. The molecule has 0 N–H and O–H groups in total. The van der Waals surface area contributed by atoms with Crippen LogP contribution in [0.5, 0.6) is 11.5 Å². The van der Waals surface area contributed by atoms with Gasteiger partial charge in [-0.3, -0.25) is 4.79 Å². The van der Waals surface area contributed by atoms with Crippen LogP contribution in [0.2, 0.25) is 0 Å². The van der Waals surface area contributed by atoms with Crippen molar-refractivity contribution in [2.24, 2.45) is 0 Å². The summed E-state index contributed by atoms with van der Waals surface area (Å²) in [5.41, 5.74) is 0.441. The number of methoxy groups -OCH3 is 1. The fraction of sp³-hybridized carbons (Fsp3) is 0.235. The van der Waals surface area contributed by atoms with Gasteiger partial charge in [-0.15, -0.1) is 0 Å². The third-order valence-corrected chi connectivity index (χ3v) is 3.34. The van der Waals surface area contributed by atoms with Crippen molar-refractivity contribution in [2.45, 2.75) is 18.9 Å². The average molecular weight is 286 g/mol. The van der Waals surface area contributed by atoms with Gasteiger partial charge in [0.25, 0.3) is 0 Å². The fourth-order valence-corrected chi connectivity index (χ4v) is 2.05. The van der Waals surface area contributed by atoms with E-state index in [-0.39, 0.29) is 17.5 Å². The molecule has 0 unspecified atom stereocenters. The first-order valence-corrected chi connectivity index (χ1v) is 6.82. The molecule has 0 heterocycles. The first kappa shape index (κ1) is 13.6. The molecule has 0 aliphatic heterocycles. The van der Waals surface area contributed by atoms with E-state index in [1.54, 1.807) is 30.3 Å². The quantitative estimate of drug-likeness (QED) is 0.788. The van der Waals surface area contributed by atoms with E-state index in [0.29, 0.717) is 17.1 Å². The lowest BCUT2D eigenvalue weighted by molar-refractivity contribution is 0.103. The summed E-state index contributed by atoms with van der Waals surface area (Å²) in [6, 6.07) is 11.1. The number of benzene rings is 2. The highest BCUT2D eigenvalue weighted by Gasteiger charge is 2.24. The van der Waals surface area contributed by atoms with E-state index in [0.717, 1.165) is 12.8 Å². The molecule has 0 aromatic heterocycles. The van der Waals surface area contributed by atoms with Gasteiger partial charge in [0.05, 0.1) is 18.8 Å². The minimum atomic E-state index is -0.590. The number of hydrogen-bond acceptors (Lipinski definition) is 3. The topological polar surface area (TPSA) is 35.5 Å². The number of ketones is 1. The minimum Gasteiger partial charge on any atom is -0.497 e. The zero-order chi connectivity index (χ0) is 14.8. The Morgan fingerprint density at radius 1 is 1.14 bits per heavy atom. The van der Waals surface area contributed by atoms with Crippen LogP contribution in [-0.4, -0.2) is 19.0 Å². The summed E-state index contributed by atoms with van der Waals surface area (Å²) >= 11 is 0. The van der Waals surface area contributed by atoms with Gasteiger partial charge in [0, 0.05) is 11.6 Å². The number of hydrogen-bond donors (Lipinski definition) is 0. The molecule has 0 spiro atoms. The molecule has 0 atom stereocenters. The summed E-state index contributed by atoms with van der Waals surface area (Å²) in [5, 5.41) is 0. The Bertz CT molecular complexity index is 677.